The largest absolute Gasteiger partial charge is 0.369 e. The zero-order valence-electron chi connectivity index (χ0n) is 20.6. The van der Waals surface area contributed by atoms with Gasteiger partial charge in [-0.15, -0.1) is 0 Å². The first-order valence-electron chi connectivity index (χ1n) is 12.7. The van der Waals surface area contributed by atoms with Crippen molar-refractivity contribution in [3.8, 4) is 0 Å². The normalized spacial score (nSPS) is 18.6. The number of hydrogen-bond donors (Lipinski definition) is 1. The second-order valence-electron chi connectivity index (χ2n) is 9.92. The van der Waals surface area contributed by atoms with Gasteiger partial charge in [0, 0.05) is 57.8 Å². The van der Waals surface area contributed by atoms with E-state index < -0.39 is 6.04 Å². The van der Waals surface area contributed by atoms with Gasteiger partial charge in [-0.3, -0.25) is 14.5 Å². The number of nitrogens with one attached hydrogen (secondary N) is 1. The van der Waals surface area contributed by atoms with E-state index in [4.69, 9.17) is 0 Å². The van der Waals surface area contributed by atoms with Crippen LogP contribution in [0.2, 0.25) is 0 Å². The van der Waals surface area contributed by atoms with Crippen LogP contribution in [0.3, 0.4) is 0 Å². The van der Waals surface area contributed by atoms with E-state index in [-0.39, 0.29) is 17.7 Å². The van der Waals surface area contributed by atoms with Gasteiger partial charge < -0.3 is 15.1 Å². The van der Waals surface area contributed by atoms with Gasteiger partial charge in [0.1, 0.15) is 6.04 Å². The monoisotopic (exact) mass is 462 g/mol. The number of fused-ring (bicyclic) bond motifs is 1. The molecule has 0 aromatic heterocycles. The molecule has 0 bridgehead atoms. The lowest BCUT2D eigenvalue weighted by molar-refractivity contribution is -0.142. The number of carbonyl (C=O) groups excluding carboxylic acids is 2. The number of piperazine rings is 1. The van der Waals surface area contributed by atoms with Gasteiger partial charge in [-0.2, -0.15) is 0 Å². The summed E-state index contributed by atoms with van der Waals surface area (Å²) in [6.45, 7) is 10.4. The Morgan fingerprint density at radius 1 is 0.941 bits per heavy atom. The molecule has 6 nitrogen and oxygen atoms in total. The van der Waals surface area contributed by atoms with Crippen LogP contribution in [-0.4, -0.2) is 66.9 Å². The van der Waals surface area contributed by atoms with Crippen LogP contribution in [0.1, 0.15) is 37.8 Å². The molecule has 0 aliphatic carbocycles. The number of nitrogens with zero attached hydrogens (tertiary/aromatic N) is 3. The van der Waals surface area contributed by atoms with Gasteiger partial charge in [-0.05, 0) is 42.1 Å². The first kappa shape index (κ1) is 24.3. The highest BCUT2D eigenvalue weighted by Crippen LogP contribution is 2.25. The molecular weight excluding hydrogens is 424 g/mol. The van der Waals surface area contributed by atoms with E-state index in [1.165, 1.54) is 11.3 Å². The van der Waals surface area contributed by atoms with E-state index in [1.54, 1.807) is 4.90 Å². The molecule has 2 aliphatic heterocycles. The van der Waals surface area contributed by atoms with Crippen LogP contribution in [0.15, 0.2) is 54.6 Å². The van der Waals surface area contributed by atoms with Crippen molar-refractivity contribution in [3.05, 3.63) is 65.7 Å². The summed E-state index contributed by atoms with van der Waals surface area (Å²) in [5, 5.41) is 3.13. The minimum atomic E-state index is -0.421. The molecule has 2 aromatic carbocycles. The molecule has 1 atom stereocenters. The summed E-state index contributed by atoms with van der Waals surface area (Å²) in [6.07, 6.45) is 1.98. The molecule has 2 aliphatic rings. The van der Waals surface area contributed by atoms with Crippen LogP contribution in [0.4, 0.5) is 5.69 Å². The van der Waals surface area contributed by atoms with Crippen molar-refractivity contribution in [2.75, 3.05) is 44.2 Å². The third kappa shape index (κ3) is 6.17. The number of benzene rings is 2. The van der Waals surface area contributed by atoms with E-state index in [2.05, 4.69) is 57.6 Å². The summed E-state index contributed by atoms with van der Waals surface area (Å²) in [5.74, 6) is 0.317. The maximum Gasteiger partial charge on any atom is 0.243 e. The lowest BCUT2D eigenvalue weighted by atomic mass is 9.92. The maximum absolute atomic E-state index is 13.1. The number of hydrogen-bond acceptors (Lipinski definition) is 4. The van der Waals surface area contributed by atoms with Crippen molar-refractivity contribution < 1.29 is 9.59 Å². The zero-order valence-corrected chi connectivity index (χ0v) is 20.6. The number of amides is 2. The predicted molar refractivity (Wildman–Crippen MR) is 137 cm³/mol. The molecule has 6 heteroatoms. The number of anilines is 1. The van der Waals surface area contributed by atoms with Crippen LogP contribution in [0, 0.1) is 5.92 Å². The van der Waals surface area contributed by atoms with Crippen LogP contribution in [-0.2, 0) is 22.6 Å². The molecule has 182 valence electrons. The molecule has 1 fully saturated rings. The summed E-state index contributed by atoms with van der Waals surface area (Å²) in [7, 11) is 0. The highest BCUT2D eigenvalue weighted by Gasteiger charge is 2.34. The summed E-state index contributed by atoms with van der Waals surface area (Å²) < 4.78 is 0. The van der Waals surface area contributed by atoms with Crippen molar-refractivity contribution in [1.29, 1.82) is 0 Å². The van der Waals surface area contributed by atoms with Crippen molar-refractivity contribution in [1.82, 2.24) is 15.1 Å². The lowest BCUT2D eigenvalue weighted by Gasteiger charge is -2.37. The Labute approximate surface area is 203 Å². The van der Waals surface area contributed by atoms with Crippen molar-refractivity contribution in [3.63, 3.8) is 0 Å². The van der Waals surface area contributed by atoms with E-state index in [0.717, 1.165) is 44.7 Å². The average Bonchev–Trinajstić information content (AvgIpc) is 2.86. The number of carbonyl (C=O) groups is 2. The molecule has 34 heavy (non-hydrogen) atoms. The number of rotatable bonds is 8. The standard InChI is InChI=1S/C28H38N4O2/c1-22(2)19-27(33)32-21-24-10-7-6-9-23(24)20-26(32)28(34)29-13-8-14-30-15-17-31(18-16-30)25-11-4-3-5-12-25/h3-7,9-12,22,26H,8,13-21H2,1-2H3,(H,29,34). The Balaban J connectivity index is 1.25. The van der Waals surface area contributed by atoms with Crippen LogP contribution < -0.4 is 10.2 Å². The van der Waals surface area contributed by atoms with Crippen LogP contribution in [0.5, 0.6) is 0 Å². The lowest BCUT2D eigenvalue weighted by Crippen LogP contribution is -2.53. The Morgan fingerprint density at radius 2 is 1.62 bits per heavy atom. The highest BCUT2D eigenvalue weighted by atomic mass is 16.2. The Hall–Kier alpha value is -2.86. The molecule has 2 aromatic rings. The van der Waals surface area contributed by atoms with Gasteiger partial charge in [0.25, 0.3) is 0 Å². The van der Waals surface area contributed by atoms with Crippen LogP contribution >= 0.6 is 0 Å². The molecule has 1 saturated heterocycles. The molecule has 4 rings (SSSR count). The first-order chi connectivity index (χ1) is 16.5. The zero-order chi connectivity index (χ0) is 23.9. The molecule has 0 saturated carbocycles. The Kier molecular flexibility index (Phi) is 8.22. The van der Waals surface area contributed by atoms with Crippen molar-refractivity contribution in [2.45, 2.75) is 45.7 Å². The minimum absolute atomic E-state index is 0.0273. The van der Waals surface area contributed by atoms with Crippen molar-refractivity contribution in [2.24, 2.45) is 5.92 Å². The molecule has 0 spiro atoms. The quantitative estimate of drug-likeness (QED) is 0.612. The summed E-state index contributed by atoms with van der Waals surface area (Å²) in [6, 6.07) is 18.3. The molecular formula is C28H38N4O2. The van der Waals surface area contributed by atoms with E-state index >= 15 is 0 Å². The fraction of sp³-hybridized carbons (Fsp3) is 0.500. The summed E-state index contributed by atoms with van der Waals surface area (Å²) in [4.78, 5) is 32.8. The second-order valence-corrected chi connectivity index (χ2v) is 9.92. The van der Waals surface area contributed by atoms with Gasteiger partial charge >= 0.3 is 0 Å². The minimum Gasteiger partial charge on any atom is -0.369 e. The van der Waals surface area contributed by atoms with Gasteiger partial charge in [0.05, 0.1) is 0 Å². The van der Waals surface area contributed by atoms with Gasteiger partial charge in [-0.25, -0.2) is 0 Å². The average molecular weight is 463 g/mol. The first-order valence-corrected chi connectivity index (χ1v) is 12.7. The van der Waals surface area contributed by atoms with Gasteiger partial charge in [0.2, 0.25) is 11.8 Å². The van der Waals surface area contributed by atoms with E-state index in [9.17, 15) is 9.59 Å². The summed E-state index contributed by atoms with van der Waals surface area (Å²) >= 11 is 0. The SMILES string of the molecule is CC(C)CC(=O)N1Cc2ccccc2CC1C(=O)NCCCN1CCN(c2ccccc2)CC1. The topological polar surface area (TPSA) is 55.9 Å². The predicted octanol–water partition coefficient (Wildman–Crippen LogP) is 3.31. The molecule has 1 N–H and O–H groups in total. The van der Waals surface area contributed by atoms with E-state index in [0.29, 0.717) is 25.9 Å². The molecule has 2 amide bonds. The number of para-hydroxylation sites is 1. The summed E-state index contributed by atoms with van der Waals surface area (Å²) in [5.41, 5.74) is 3.62. The Bertz CT molecular complexity index is 954. The Morgan fingerprint density at radius 3 is 2.32 bits per heavy atom. The third-order valence-corrected chi connectivity index (χ3v) is 6.90. The second kappa shape index (κ2) is 11.5. The smallest absolute Gasteiger partial charge is 0.243 e. The maximum atomic E-state index is 13.1. The highest BCUT2D eigenvalue weighted by molar-refractivity contribution is 5.88. The van der Waals surface area contributed by atoms with Gasteiger partial charge in [-0.1, -0.05) is 56.3 Å². The van der Waals surface area contributed by atoms with Crippen molar-refractivity contribution >= 4 is 17.5 Å². The molecule has 1 unspecified atom stereocenters. The fourth-order valence-electron chi connectivity index (χ4n) is 4.99. The molecule has 0 radical (unpaired) electrons. The fourth-order valence-corrected chi connectivity index (χ4v) is 4.99. The van der Waals surface area contributed by atoms with Gasteiger partial charge in [0.15, 0.2) is 0 Å². The van der Waals surface area contributed by atoms with E-state index in [1.807, 2.05) is 26.0 Å². The third-order valence-electron chi connectivity index (χ3n) is 6.90. The van der Waals surface area contributed by atoms with Crippen LogP contribution in [0.25, 0.3) is 0 Å². The molecule has 2 heterocycles.